The second-order valence-corrected chi connectivity index (χ2v) is 6.26. The zero-order valence-electron chi connectivity index (χ0n) is 16.5. The predicted octanol–water partition coefficient (Wildman–Crippen LogP) is 3.99. The van der Waals surface area contributed by atoms with Crippen molar-refractivity contribution < 1.29 is 23.8 Å². The molecule has 0 aliphatic rings. The molecule has 0 heterocycles. The van der Waals surface area contributed by atoms with Crippen molar-refractivity contribution in [1.82, 2.24) is 0 Å². The summed E-state index contributed by atoms with van der Waals surface area (Å²) in [6.07, 6.45) is 0. The second-order valence-electron chi connectivity index (χ2n) is 6.26. The van der Waals surface area contributed by atoms with E-state index in [1.807, 2.05) is 31.2 Å². The zero-order chi connectivity index (χ0) is 21.3. The van der Waals surface area contributed by atoms with Crippen molar-refractivity contribution in [2.24, 2.45) is 5.73 Å². The van der Waals surface area contributed by atoms with Crippen molar-refractivity contribution in [3.63, 3.8) is 0 Å². The molecule has 0 aliphatic carbocycles. The first-order chi connectivity index (χ1) is 14.5. The number of nitrogens with two attached hydrogens (primary N) is 1. The molecule has 7 nitrogen and oxygen atoms in total. The molecule has 0 aromatic heterocycles. The summed E-state index contributed by atoms with van der Waals surface area (Å²) in [4.78, 5) is 23.1. The van der Waals surface area contributed by atoms with Gasteiger partial charge < -0.3 is 25.3 Å². The van der Waals surface area contributed by atoms with Gasteiger partial charge in [-0.25, -0.2) is 0 Å². The molecule has 154 valence electrons. The van der Waals surface area contributed by atoms with Gasteiger partial charge in [0.1, 0.15) is 23.0 Å². The van der Waals surface area contributed by atoms with Gasteiger partial charge in [-0.2, -0.15) is 0 Å². The molecule has 0 aliphatic heterocycles. The Hall–Kier alpha value is -4.00. The Labute approximate surface area is 174 Å². The summed E-state index contributed by atoms with van der Waals surface area (Å²) >= 11 is 0. The van der Waals surface area contributed by atoms with Crippen LogP contribution in [0.3, 0.4) is 0 Å². The van der Waals surface area contributed by atoms with E-state index in [-0.39, 0.29) is 12.5 Å². The van der Waals surface area contributed by atoms with Crippen molar-refractivity contribution in [2.45, 2.75) is 6.92 Å². The van der Waals surface area contributed by atoms with Crippen LogP contribution in [0, 0.1) is 0 Å². The molecule has 0 unspecified atom stereocenters. The van der Waals surface area contributed by atoms with Crippen molar-refractivity contribution in [3.8, 4) is 23.0 Å². The molecule has 3 rings (SSSR count). The summed E-state index contributed by atoms with van der Waals surface area (Å²) in [6.45, 7) is 2.33. The Balaban J connectivity index is 1.55. The lowest BCUT2D eigenvalue weighted by Crippen LogP contribution is -2.20. The Kier molecular flexibility index (Phi) is 6.89. The van der Waals surface area contributed by atoms with E-state index in [1.54, 1.807) is 48.5 Å². The Morgan fingerprint density at radius 2 is 1.27 bits per heavy atom. The molecule has 0 radical (unpaired) electrons. The number of hydrogen-bond donors (Lipinski definition) is 2. The zero-order valence-corrected chi connectivity index (χ0v) is 16.5. The normalized spacial score (nSPS) is 10.2. The van der Waals surface area contributed by atoms with Crippen LogP contribution >= 0.6 is 0 Å². The van der Waals surface area contributed by atoms with Gasteiger partial charge in [0.2, 0.25) is 0 Å². The van der Waals surface area contributed by atoms with Gasteiger partial charge >= 0.3 is 0 Å². The number of carbonyl (C=O) groups excluding carboxylic acids is 2. The lowest BCUT2D eigenvalue weighted by molar-refractivity contribution is -0.119. The van der Waals surface area contributed by atoms with Crippen LogP contribution in [0.2, 0.25) is 0 Å². The molecule has 7 heteroatoms. The maximum Gasteiger partial charge on any atom is 0.255 e. The van der Waals surface area contributed by atoms with Crippen molar-refractivity contribution in [3.05, 3.63) is 78.4 Å². The number of rotatable bonds is 9. The van der Waals surface area contributed by atoms with Gasteiger partial charge in [-0.15, -0.1) is 0 Å². The first-order valence-electron chi connectivity index (χ1n) is 9.37. The van der Waals surface area contributed by atoms with Crippen LogP contribution in [0.4, 0.5) is 5.69 Å². The van der Waals surface area contributed by atoms with Crippen LogP contribution in [0.15, 0.2) is 72.8 Å². The second kappa shape index (κ2) is 9.97. The van der Waals surface area contributed by atoms with Gasteiger partial charge in [-0.1, -0.05) is 0 Å². The molecule has 3 N–H and O–H groups in total. The number of nitrogens with one attached hydrogen (secondary N) is 1. The fourth-order valence-corrected chi connectivity index (χ4v) is 2.57. The monoisotopic (exact) mass is 406 g/mol. The van der Waals surface area contributed by atoms with Gasteiger partial charge in [0.05, 0.1) is 6.61 Å². The standard InChI is InChI=1S/C23H22N2O5/c1-2-28-18-11-13-21(14-12-18)30-20-9-5-17(6-10-20)25-23(27)16-3-7-19(8-4-16)29-15-22(24)26/h3-14H,2,15H2,1H3,(H2,24,26)(H,25,27). The highest BCUT2D eigenvalue weighted by atomic mass is 16.5. The topological polar surface area (TPSA) is 99.9 Å². The van der Waals surface area contributed by atoms with Gasteiger partial charge in [0, 0.05) is 11.3 Å². The van der Waals surface area contributed by atoms with E-state index in [2.05, 4.69) is 5.32 Å². The van der Waals surface area contributed by atoms with Crippen LogP contribution in [-0.2, 0) is 4.79 Å². The van der Waals surface area contributed by atoms with Crippen molar-refractivity contribution in [1.29, 1.82) is 0 Å². The van der Waals surface area contributed by atoms with Crippen molar-refractivity contribution in [2.75, 3.05) is 18.5 Å². The quantitative estimate of drug-likeness (QED) is 0.560. The smallest absolute Gasteiger partial charge is 0.255 e. The Morgan fingerprint density at radius 1 is 0.767 bits per heavy atom. The molecule has 0 spiro atoms. The van der Waals surface area contributed by atoms with Crippen LogP contribution in [0.25, 0.3) is 0 Å². The molecule has 3 aromatic rings. The van der Waals surface area contributed by atoms with Crippen LogP contribution in [0.1, 0.15) is 17.3 Å². The van der Waals surface area contributed by atoms with Crippen LogP contribution in [-0.4, -0.2) is 25.0 Å². The number of hydrogen-bond acceptors (Lipinski definition) is 5. The molecule has 0 bridgehead atoms. The number of carbonyl (C=O) groups is 2. The number of ether oxygens (including phenoxy) is 3. The molecule has 3 aromatic carbocycles. The summed E-state index contributed by atoms with van der Waals surface area (Å²) in [6, 6.07) is 20.8. The summed E-state index contributed by atoms with van der Waals surface area (Å²) in [5.41, 5.74) is 6.12. The lowest BCUT2D eigenvalue weighted by Gasteiger charge is -2.09. The minimum Gasteiger partial charge on any atom is -0.494 e. The first kappa shape index (κ1) is 20.7. The molecular formula is C23H22N2O5. The highest BCUT2D eigenvalue weighted by molar-refractivity contribution is 6.04. The van der Waals surface area contributed by atoms with Gasteiger partial charge in [-0.05, 0) is 79.7 Å². The predicted molar refractivity (Wildman–Crippen MR) is 113 cm³/mol. The van der Waals surface area contributed by atoms with E-state index >= 15 is 0 Å². The summed E-state index contributed by atoms with van der Waals surface area (Å²) in [5.74, 6) is 1.75. The molecule has 0 fully saturated rings. The van der Waals surface area contributed by atoms with Crippen molar-refractivity contribution >= 4 is 17.5 Å². The number of amides is 2. The fraction of sp³-hybridized carbons (Fsp3) is 0.130. The molecule has 0 saturated heterocycles. The summed E-state index contributed by atoms with van der Waals surface area (Å²) in [7, 11) is 0. The van der Waals surface area contributed by atoms with E-state index in [9.17, 15) is 9.59 Å². The maximum absolute atomic E-state index is 12.4. The largest absolute Gasteiger partial charge is 0.494 e. The van der Waals surface area contributed by atoms with Gasteiger partial charge in [0.25, 0.3) is 11.8 Å². The highest BCUT2D eigenvalue weighted by Gasteiger charge is 2.07. The third-order valence-electron chi connectivity index (χ3n) is 3.98. The number of primary amides is 1. The highest BCUT2D eigenvalue weighted by Crippen LogP contribution is 2.25. The van der Waals surface area contributed by atoms with E-state index in [1.165, 1.54) is 0 Å². The molecule has 0 saturated carbocycles. The third-order valence-corrected chi connectivity index (χ3v) is 3.98. The Bertz CT molecular complexity index is 984. The molecule has 2 amide bonds. The van der Waals surface area contributed by atoms with Gasteiger partial charge in [-0.3, -0.25) is 9.59 Å². The van der Waals surface area contributed by atoms with Crippen LogP contribution < -0.4 is 25.3 Å². The minimum atomic E-state index is -0.563. The third kappa shape index (κ3) is 6.00. The SMILES string of the molecule is CCOc1ccc(Oc2ccc(NC(=O)c3ccc(OCC(N)=O)cc3)cc2)cc1. The van der Waals surface area contributed by atoms with E-state index < -0.39 is 5.91 Å². The average molecular weight is 406 g/mol. The lowest BCUT2D eigenvalue weighted by atomic mass is 10.2. The average Bonchev–Trinajstić information content (AvgIpc) is 2.75. The van der Waals surface area contributed by atoms with Crippen LogP contribution in [0.5, 0.6) is 23.0 Å². The van der Waals surface area contributed by atoms with E-state index in [0.717, 1.165) is 5.75 Å². The molecule has 30 heavy (non-hydrogen) atoms. The summed E-state index contributed by atoms with van der Waals surface area (Å²) < 4.78 is 16.4. The number of benzene rings is 3. The fourth-order valence-electron chi connectivity index (χ4n) is 2.57. The molecule has 0 atom stereocenters. The van der Waals surface area contributed by atoms with Gasteiger partial charge in [0.15, 0.2) is 6.61 Å². The minimum absolute atomic E-state index is 0.212. The number of anilines is 1. The maximum atomic E-state index is 12.4. The van der Waals surface area contributed by atoms with E-state index in [0.29, 0.717) is 35.1 Å². The Morgan fingerprint density at radius 3 is 1.83 bits per heavy atom. The summed E-state index contributed by atoms with van der Waals surface area (Å²) in [5, 5.41) is 2.81. The van der Waals surface area contributed by atoms with E-state index in [4.69, 9.17) is 19.9 Å². The molecular weight excluding hydrogens is 384 g/mol. The first-order valence-corrected chi connectivity index (χ1v) is 9.37.